The van der Waals surface area contributed by atoms with E-state index in [-0.39, 0.29) is 5.95 Å². The van der Waals surface area contributed by atoms with E-state index in [1.54, 1.807) is 20.8 Å². The highest BCUT2D eigenvalue weighted by Crippen LogP contribution is 2.34. The van der Waals surface area contributed by atoms with Gasteiger partial charge >= 0.3 is 12.1 Å². The molecule has 1 aromatic heterocycles. The predicted molar refractivity (Wildman–Crippen MR) is 94.2 cm³/mol. The van der Waals surface area contributed by atoms with Gasteiger partial charge in [-0.1, -0.05) is 48.5 Å². The highest BCUT2D eigenvalue weighted by atomic mass is 16.8. The predicted octanol–water partition coefficient (Wildman–Crippen LogP) is 5.32. The lowest BCUT2D eigenvalue weighted by Crippen LogP contribution is -2.26. The van der Waals surface area contributed by atoms with Gasteiger partial charge in [0.25, 0.3) is 0 Å². The van der Waals surface area contributed by atoms with E-state index in [0.29, 0.717) is 11.6 Å². The highest BCUT2D eigenvalue weighted by molar-refractivity contribution is 5.72. The van der Waals surface area contributed by atoms with E-state index in [4.69, 9.17) is 13.9 Å². The van der Waals surface area contributed by atoms with Crippen molar-refractivity contribution in [1.29, 1.82) is 0 Å². The maximum atomic E-state index is 12.0. The molecular weight excluding hydrogens is 318 g/mol. The standard InChI is InChI=1S/C20H19NO4/c1-20(2,3)25-19(22)24-18-16(14-10-6-4-7-11-14)21-17(23-18)15-12-8-5-9-13-15/h4-13H,1-3H3. The Balaban J connectivity index is 1.98. The summed E-state index contributed by atoms with van der Waals surface area (Å²) in [6.07, 6.45) is -0.833. The van der Waals surface area contributed by atoms with Crippen LogP contribution in [0.2, 0.25) is 0 Å². The van der Waals surface area contributed by atoms with E-state index in [1.165, 1.54) is 0 Å². The Kier molecular flexibility index (Phi) is 4.57. The smallest absolute Gasteiger partial charge is 0.428 e. The molecule has 0 aliphatic rings. The molecule has 5 nitrogen and oxygen atoms in total. The SMILES string of the molecule is CC(C)(C)OC(=O)Oc1oc(-c2ccccc2)nc1-c1ccccc1. The molecule has 0 unspecified atom stereocenters. The van der Waals surface area contributed by atoms with Crippen LogP contribution in [-0.4, -0.2) is 16.7 Å². The molecule has 128 valence electrons. The van der Waals surface area contributed by atoms with Crippen molar-refractivity contribution in [2.45, 2.75) is 26.4 Å². The summed E-state index contributed by atoms with van der Waals surface area (Å²) in [5, 5.41) is 0. The number of oxazole rings is 1. The molecule has 5 heteroatoms. The van der Waals surface area contributed by atoms with Crippen molar-refractivity contribution in [1.82, 2.24) is 4.98 Å². The van der Waals surface area contributed by atoms with Gasteiger partial charge in [-0.15, -0.1) is 0 Å². The van der Waals surface area contributed by atoms with Crippen molar-refractivity contribution in [2.75, 3.05) is 0 Å². The minimum atomic E-state index is -0.833. The fourth-order valence-electron chi connectivity index (χ4n) is 2.20. The summed E-state index contributed by atoms with van der Waals surface area (Å²) in [6, 6.07) is 18.8. The summed E-state index contributed by atoms with van der Waals surface area (Å²) in [4.78, 5) is 16.5. The summed E-state index contributed by atoms with van der Waals surface area (Å²) in [5.41, 5.74) is 1.36. The lowest BCUT2D eigenvalue weighted by Gasteiger charge is -2.18. The molecule has 0 saturated carbocycles. The topological polar surface area (TPSA) is 61.6 Å². The first-order valence-electron chi connectivity index (χ1n) is 7.95. The van der Waals surface area contributed by atoms with Gasteiger partial charge in [-0.2, -0.15) is 0 Å². The first-order valence-corrected chi connectivity index (χ1v) is 7.95. The van der Waals surface area contributed by atoms with E-state index in [1.807, 2.05) is 60.7 Å². The molecule has 3 rings (SSSR count). The number of ether oxygens (including phenoxy) is 2. The summed E-state index contributed by atoms with van der Waals surface area (Å²) in [7, 11) is 0. The lowest BCUT2D eigenvalue weighted by atomic mass is 10.2. The molecule has 0 spiro atoms. The second kappa shape index (κ2) is 6.81. The number of rotatable bonds is 3. The van der Waals surface area contributed by atoms with Crippen molar-refractivity contribution in [3.63, 3.8) is 0 Å². The fourth-order valence-corrected chi connectivity index (χ4v) is 2.20. The zero-order chi connectivity index (χ0) is 17.9. The maximum absolute atomic E-state index is 12.0. The molecule has 1 heterocycles. The van der Waals surface area contributed by atoms with Crippen LogP contribution in [0.5, 0.6) is 5.95 Å². The summed E-state index contributed by atoms with van der Waals surface area (Å²) >= 11 is 0. The Morgan fingerprint density at radius 1 is 0.920 bits per heavy atom. The summed E-state index contributed by atoms with van der Waals surface area (Å²) in [6.45, 7) is 5.30. The quantitative estimate of drug-likeness (QED) is 0.605. The van der Waals surface area contributed by atoms with Gasteiger partial charge in [0.15, 0.2) is 5.69 Å². The number of nitrogens with zero attached hydrogens (tertiary/aromatic N) is 1. The van der Waals surface area contributed by atoms with Gasteiger partial charge in [0.2, 0.25) is 5.89 Å². The summed E-state index contributed by atoms with van der Waals surface area (Å²) < 4.78 is 16.2. The molecule has 0 aliphatic heterocycles. The number of carbonyl (C=O) groups excluding carboxylic acids is 1. The maximum Gasteiger partial charge on any atom is 0.516 e. The van der Waals surface area contributed by atoms with Crippen LogP contribution in [0.4, 0.5) is 4.79 Å². The number of carbonyl (C=O) groups is 1. The molecule has 0 fully saturated rings. The van der Waals surface area contributed by atoms with Crippen molar-refractivity contribution < 1.29 is 18.7 Å². The van der Waals surface area contributed by atoms with Gasteiger partial charge in [-0.05, 0) is 32.9 Å². The average molecular weight is 337 g/mol. The third-order valence-corrected chi connectivity index (χ3v) is 3.23. The minimum Gasteiger partial charge on any atom is -0.428 e. The molecule has 3 aromatic rings. The van der Waals surface area contributed by atoms with Gasteiger partial charge in [0.1, 0.15) is 5.60 Å². The normalized spacial score (nSPS) is 11.2. The number of benzene rings is 2. The fraction of sp³-hybridized carbons (Fsp3) is 0.200. The van der Waals surface area contributed by atoms with Gasteiger partial charge < -0.3 is 13.9 Å². The monoisotopic (exact) mass is 337 g/mol. The molecule has 0 saturated heterocycles. The van der Waals surface area contributed by atoms with Crippen molar-refractivity contribution >= 4 is 6.16 Å². The first-order chi connectivity index (χ1) is 11.9. The number of aromatic nitrogens is 1. The van der Waals surface area contributed by atoms with Crippen LogP contribution >= 0.6 is 0 Å². The Hall–Kier alpha value is -3.08. The second-order valence-corrected chi connectivity index (χ2v) is 6.45. The Bertz CT molecular complexity index is 848. The molecule has 2 aromatic carbocycles. The Morgan fingerprint density at radius 2 is 1.48 bits per heavy atom. The van der Waals surface area contributed by atoms with Crippen LogP contribution in [-0.2, 0) is 4.74 Å². The molecule has 0 radical (unpaired) electrons. The van der Waals surface area contributed by atoms with Gasteiger partial charge in [-0.3, -0.25) is 0 Å². The summed E-state index contributed by atoms with van der Waals surface area (Å²) in [5.74, 6) is 0.386. The van der Waals surface area contributed by atoms with Crippen LogP contribution in [0.25, 0.3) is 22.7 Å². The van der Waals surface area contributed by atoms with Crippen LogP contribution in [0.3, 0.4) is 0 Å². The van der Waals surface area contributed by atoms with Crippen molar-refractivity contribution in [2.24, 2.45) is 0 Å². The molecule has 25 heavy (non-hydrogen) atoms. The molecular formula is C20H19NO4. The molecule has 0 atom stereocenters. The minimum absolute atomic E-state index is 0.0132. The van der Waals surface area contributed by atoms with E-state index in [2.05, 4.69) is 4.98 Å². The third-order valence-electron chi connectivity index (χ3n) is 3.23. The van der Waals surface area contributed by atoms with Crippen LogP contribution in [0.1, 0.15) is 20.8 Å². The zero-order valence-corrected chi connectivity index (χ0v) is 14.4. The molecule has 0 amide bonds. The van der Waals surface area contributed by atoms with Crippen LogP contribution in [0.15, 0.2) is 65.1 Å². The van der Waals surface area contributed by atoms with Crippen LogP contribution < -0.4 is 4.74 Å². The van der Waals surface area contributed by atoms with E-state index < -0.39 is 11.8 Å². The zero-order valence-electron chi connectivity index (χ0n) is 14.4. The molecule has 0 N–H and O–H groups in total. The van der Waals surface area contributed by atoms with Gasteiger partial charge in [0.05, 0.1) is 0 Å². The number of hydrogen-bond donors (Lipinski definition) is 0. The molecule has 0 bridgehead atoms. The van der Waals surface area contributed by atoms with E-state index in [0.717, 1.165) is 11.1 Å². The second-order valence-electron chi connectivity index (χ2n) is 6.45. The first kappa shape index (κ1) is 16.8. The van der Waals surface area contributed by atoms with Gasteiger partial charge in [-0.25, -0.2) is 9.78 Å². The average Bonchev–Trinajstić information content (AvgIpc) is 2.98. The highest BCUT2D eigenvalue weighted by Gasteiger charge is 2.24. The van der Waals surface area contributed by atoms with E-state index >= 15 is 0 Å². The lowest BCUT2D eigenvalue weighted by molar-refractivity contribution is 0.0162. The van der Waals surface area contributed by atoms with Crippen molar-refractivity contribution in [3.8, 4) is 28.7 Å². The van der Waals surface area contributed by atoms with Crippen molar-refractivity contribution in [3.05, 3.63) is 60.7 Å². The Morgan fingerprint density at radius 3 is 2.04 bits per heavy atom. The van der Waals surface area contributed by atoms with Gasteiger partial charge in [0, 0.05) is 11.1 Å². The van der Waals surface area contributed by atoms with E-state index in [9.17, 15) is 4.79 Å². The Labute approximate surface area is 146 Å². The third kappa shape index (κ3) is 4.26. The largest absolute Gasteiger partial charge is 0.516 e. The van der Waals surface area contributed by atoms with Crippen LogP contribution in [0, 0.1) is 0 Å². The number of hydrogen-bond acceptors (Lipinski definition) is 5. The molecule has 0 aliphatic carbocycles.